The van der Waals surface area contributed by atoms with Gasteiger partial charge in [-0.15, -0.1) is 0 Å². The minimum atomic E-state index is 0.0401. The van der Waals surface area contributed by atoms with E-state index in [1.54, 1.807) is 0 Å². The normalized spacial score (nSPS) is 33.8. The van der Waals surface area contributed by atoms with Crippen LogP contribution in [0.5, 0.6) is 0 Å². The fraction of sp³-hybridized carbons (Fsp3) is 0.889. The lowest BCUT2D eigenvalue weighted by Crippen LogP contribution is -2.53. The number of amides is 1. The summed E-state index contributed by atoms with van der Waals surface area (Å²) in [5.74, 6) is 2.37. The largest absolute Gasteiger partial charge is 0.365 e. The van der Waals surface area contributed by atoms with Crippen molar-refractivity contribution in [3.63, 3.8) is 0 Å². The maximum atomic E-state index is 11.6. The molecule has 2 heterocycles. The Morgan fingerprint density at radius 1 is 1.64 bits per heavy atom. The van der Waals surface area contributed by atoms with Crippen molar-refractivity contribution >= 4 is 17.7 Å². The highest BCUT2D eigenvalue weighted by molar-refractivity contribution is 7.99. The summed E-state index contributed by atoms with van der Waals surface area (Å²) in [6.07, 6.45) is 1.16. The number of hydrogen-bond donors (Lipinski definition) is 1. The van der Waals surface area contributed by atoms with Crippen molar-refractivity contribution in [3.8, 4) is 0 Å². The predicted octanol–water partition coefficient (Wildman–Crippen LogP) is -0.322. The molecule has 2 unspecified atom stereocenters. The first-order chi connectivity index (χ1) is 6.81. The van der Waals surface area contributed by atoms with Gasteiger partial charge in [0.25, 0.3) is 0 Å². The van der Waals surface area contributed by atoms with Crippen LogP contribution in [0.3, 0.4) is 0 Å². The summed E-state index contributed by atoms with van der Waals surface area (Å²) >= 11 is 1.92. The number of nitrogens with zero attached hydrogens (tertiary/aromatic N) is 1. The molecule has 0 aromatic heterocycles. The fourth-order valence-electron chi connectivity index (χ4n) is 1.91. The fourth-order valence-corrected chi connectivity index (χ4v) is 3.13. The molecule has 2 aliphatic rings. The summed E-state index contributed by atoms with van der Waals surface area (Å²) < 4.78 is 5.31. The zero-order valence-corrected chi connectivity index (χ0v) is 8.96. The van der Waals surface area contributed by atoms with Crippen molar-refractivity contribution in [1.82, 2.24) is 4.90 Å². The molecule has 0 saturated carbocycles. The zero-order chi connectivity index (χ0) is 9.97. The second-order valence-electron chi connectivity index (χ2n) is 3.73. The lowest BCUT2D eigenvalue weighted by molar-refractivity contribution is -0.150. The van der Waals surface area contributed by atoms with Crippen molar-refractivity contribution in [2.45, 2.75) is 18.6 Å². The summed E-state index contributed by atoms with van der Waals surface area (Å²) in [6.45, 7) is 1.40. The highest BCUT2D eigenvalue weighted by Gasteiger charge is 2.32. The summed E-state index contributed by atoms with van der Waals surface area (Å²) in [5, 5.41) is 0. The number of morpholine rings is 1. The quantitative estimate of drug-likeness (QED) is 0.687. The highest BCUT2D eigenvalue weighted by atomic mass is 32.2. The van der Waals surface area contributed by atoms with Crippen molar-refractivity contribution in [2.75, 3.05) is 31.2 Å². The maximum absolute atomic E-state index is 11.6. The second kappa shape index (κ2) is 4.51. The van der Waals surface area contributed by atoms with Crippen LogP contribution in [0.2, 0.25) is 0 Å². The number of nitrogens with two attached hydrogens (primary N) is 1. The van der Waals surface area contributed by atoms with Crippen LogP contribution < -0.4 is 5.73 Å². The van der Waals surface area contributed by atoms with Gasteiger partial charge >= 0.3 is 0 Å². The van der Waals surface area contributed by atoms with Gasteiger partial charge < -0.3 is 15.4 Å². The van der Waals surface area contributed by atoms with Crippen molar-refractivity contribution < 1.29 is 9.53 Å². The molecule has 2 atom stereocenters. The molecule has 2 N–H and O–H groups in total. The SMILES string of the molecule is NCC1CN(C2CCSC2)C(=O)CO1. The summed E-state index contributed by atoms with van der Waals surface area (Å²) in [4.78, 5) is 13.6. The van der Waals surface area contributed by atoms with E-state index in [4.69, 9.17) is 10.5 Å². The van der Waals surface area contributed by atoms with Crippen molar-refractivity contribution in [1.29, 1.82) is 0 Å². The molecular formula is C9H16N2O2S. The number of carbonyl (C=O) groups is 1. The van der Waals surface area contributed by atoms with E-state index in [2.05, 4.69) is 0 Å². The lowest BCUT2D eigenvalue weighted by atomic mass is 10.1. The molecule has 4 nitrogen and oxygen atoms in total. The third-order valence-corrected chi connectivity index (χ3v) is 3.92. The Bertz CT molecular complexity index is 219. The van der Waals surface area contributed by atoms with Crippen LogP contribution in [0.15, 0.2) is 0 Å². The van der Waals surface area contributed by atoms with E-state index in [-0.39, 0.29) is 18.6 Å². The molecule has 2 aliphatic heterocycles. The van der Waals surface area contributed by atoms with Crippen LogP contribution in [0.4, 0.5) is 0 Å². The first kappa shape index (κ1) is 10.3. The van der Waals surface area contributed by atoms with E-state index in [1.165, 1.54) is 5.75 Å². The molecule has 14 heavy (non-hydrogen) atoms. The van der Waals surface area contributed by atoms with Gasteiger partial charge in [0.2, 0.25) is 5.91 Å². The minimum absolute atomic E-state index is 0.0401. The average Bonchev–Trinajstić information content (AvgIpc) is 2.71. The average molecular weight is 216 g/mol. The zero-order valence-electron chi connectivity index (χ0n) is 8.15. The van der Waals surface area contributed by atoms with Gasteiger partial charge in [-0.2, -0.15) is 11.8 Å². The van der Waals surface area contributed by atoms with Gasteiger partial charge in [-0.3, -0.25) is 4.79 Å². The van der Waals surface area contributed by atoms with E-state index >= 15 is 0 Å². The number of carbonyl (C=O) groups excluding carboxylic acids is 1. The van der Waals surface area contributed by atoms with Crippen LogP contribution in [0.1, 0.15) is 6.42 Å². The van der Waals surface area contributed by atoms with Gasteiger partial charge in [-0.1, -0.05) is 0 Å². The number of ether oxygens (including phenoxy) is 1. The molecule has 0 bridgehead atoms. The van der Waals surface area contributed by atoms with Gasteiger partial charge in [0.1, 0.15) is 6.61 Å². The highest BCUT2D eigenvalue weighted by Crippen LogP contribution is 2.24. The molecule has 80 valence electrons. The van der Waals surface area contributed by atoms with E-state index in [9.17, 15) is 4.79 Å². The first-order valence-corrected chi connectivity index (χ1v) is 6.15. The van der Waals surface area contributed by atoms with Crippen LogP contribution >= 0.6 is 11.8 Å². The molecule has 0 aromatic carbocycles. The molecule has 2 fully saturated rings. The Labute approximate surface area is 88.1 Å². The molecule has 1 amide bonds. The monoisotopic (exact) mass is 216 g/mol. The summed E-state index contributed by atoms with van der Waals surface area (Å²) in [7, 11) is 0. The molecule has 5 heteroatoms. The van der Waals surface area contributed by atoms with Gasteiger partial charge in [0.15, 0.2) is 0 Å². The van der Waals surface area contributed by atoms with Gasteiger partial charge in [-0.05, 0) is 12.2 Å². The molecule has 2 saturated heterocycles. The second-order valence-corrected chi connectivity index (χ2v) is 4.88. The minimum Gasteiger partial charge on any atom is -0.365 e. The standard InChI is InChI=1S/C9H16N2O2S/c10-3-8-4-11(9(12)5-13-8)7-1-2-14-6-7/h7-8H,1-6,10H2. The van der Waals surface area contributed by atoms with Crippen LogP contribution in [-0.2, 0) is 9.53 Å². The Hall–Kier alpha value is -0.260. The van der Waals surface area contributed by atoms with E-state index < -0.39 is 0 Å². The van der Waals surface area contributed by atoms with E-state index in [0.717, 1.165) is 12.2 Å². The molecule has 0 aromatic rings. The summed E-state index contributed by atoms with van der Waals surface area (Å²) in [6, 6.07) is 0.422. The Kier molecular flexibility index (Phi) is 3.30. The maximum Gasteiger partial charge on any atom is 0.248 e. The summed E-state index contributed by atoms with van der Waals surface area (Å²) in [5.41, 5.74) is 5.54. The van der Waals surface area contributed by atoms with Crippen LogP contribution in [0.25, 0.3) is 0 Å². The lowest BCUT2D eigenvalue weighted by Gasteiger charge is -2.36. The molecular weight excluding hydrogens is 200 g/mol. The van der Waals surface area contributed by atoms with Crippen molar-refractivity contribution in [2.24, 2.45) is 5.73 Å². The van der Waals surface area contributed by atoms with E-state index in [1.807, 2.05) is 16.7 Å². The van der Waals surface area contributed by atoms with Gasteiger partial charge in [-0.25, -0.2) is 0 Å². The Morgan fingerprint density at radius 2 is 2.50 bits per heavy atom. The van der Waals surface area contributed by atoms with Crippen molar-refractivity contribution in [3.05, 3.63) is 0 Å². The molecule has 0 radical (unpaired) electrons. The predicted molar refractivity (Wildman–Crippen MR) is 56.2 cm³/mol. The van der Waals surface area contributed by atoms with Crippen LogP contribution in [0, 0.1) is 0 Å². The third-order valence-electron chi connectivity index (χ3n) is 2.77. The first-order valence-electron chi connectivity index (χ1n) is 5.00. The topological polar surface area (TPSA) is 55.6 Å². The third kappa shape index (κ3) is 2.04. The van der Waals surface area contributed by atoms with Crippen LogP contribution in [-0.4, -0.2) is 54.2 Å². The van der Waals surface area contributed by atoms with Gasteiger partial charge in [0.05, 0.1) is 6.10 Å². The molecule has 0 spiro atoms. The molecule has 0 aliphatic carbocycles. The number of thioether (sulfide) groups is 1. The van der Waals surface area contributed by atoms with Gasteiger partial charge in [0, 0.05) is 24.9 Å². The number of rotatable bonds is 2. The number of hydrogen-bond acceptors (Lipinski definition) is 4. The Balaban J connectivity index is 1.96. The smallest absolute Gasteiger partial charge is 0.248 e. The Morgan fingerprint density at radius 3 is 3.14 bits per heavy atom. The molecule has 2 rings (SSSR count). The van der Waals surface area contributed by atoms with E-state index in [0.29, 0.717) is 19.1 Å².